The summed E-state index contributed by atoms with van der Waals surface area (Å²) >= 11 is 6.07. The topological polar surface area (TPSA) is 79.6 Å². The minimum absolute atomic E-state index is 0.0358. The van der Waals surface area contributed by atoms with E-state index in [1.165, 1.54) is 28.6 Å². The Morgan fingerprint density at radius 2 is 1.92 bits per heavy atom. The van der Waals surface area contributed by atoms with Crippen LogP contribution < -0.4 is 5.32 Å². The highest BCUT2D eigenvalue weighted by molar-refractivity contribution is 7.89. The van der Waals surface area contributed by atoms with Gasteiger partial charge in [-0.05, 0) is 43.3 Å². The second kappa shape index (κ2) is 8.53. The maximum absolute atomic E-state index is 12.7. The van der Waals surface area contributed by atoms with Crippen LogP contribution in [0.1, 0.15) is 25.4 Å². The zero-order valence-electron chi connectivity index (χ0n) is 14.8. The Labute approximate surface area is 158 Å². The molecule has 140 valence electrons. The second-order valence-corrected chi connectivity index (χ2v) is 7.82. The normalized spacial score (nSPS) is 12.0. The average Bonchev–Trinajstić information content (AvgIpc) is 3.01. The summed E-state index contributed by atoms with van der Waals surface area (Å²) in [5, 5.41) is 2.73. The van der Waals surface area contributed by atoms with Crippen molar-refractivity contribution in [1.29, 1.82) is 0 Å². The Bertz CT molecular complexity index is 915. The fraction of sp³-hybridized carbons (Fsp3) is 0.278. The maximum atomic E-state index is 12.7. The van der Waals surface area contributed by atoms with Crippen molar-refractivity contribution in [2.24, 2.45) is 0 Å². The zero-order valence-corrected chi connectivity index (χ0v) is 16.4. The van der Waals surface area contributed by atoms with Crippen molar-refractivity contribution in [1.82, 2.24) is 4.31 Å². The predicted molar refractivity (Wildman–Crippen MR) is 103 cm³/mol. The Morgan fingerprint density at radius 3 is 2.50 bits per heavy atom. The first-order chi connectivity index (χ1) is 12.3. The van der Waals surface area contributed by atoms with E-state index < -0.39 is 15.9 Å². The van der Waals surface area contributed by atoms with E-state index >= 15 is 0 Å². The van der Waals surface area contributed by atoms with Crippen LogP contribution in [-0.4, -0.2) is 31.7 Å². The van der Waals surface area contributed by atoms with Crippen molar-refractivity contribution < 1.29 is 17.6 Å². The Balaban J connectivity index is 2.21. The van der Waals surface area contributed by atoms with E-state index in [2.05, 4.69) is 5.32 Å². The van der Waals surface area contributed by atoms with Crippen molar-refractivity contribution >= 4 is 39.3 Å². The van der Waals surface area contributed by atoms with Gasteiger partial charge < -0.3 is 9.73 Å². The number of amides is 1. The third-order valence-electron chi connectivity index (χ3n) is 3.68. The predicted octanol–water partition coefficient (Wildman–Crippen LogP) is 3.92. The molecule has 1 heterocycles. The largest absolute Gasteiger partial charge is 0.462 e. The number of anilines is 1. The van der Waals surface area contributed by atoms with Crippen LogP contribution in [0.5, 0.6) is 0 Å². The molecule has 0 unspecified atom stereocenters. The molecule has 0 aliphatic heterocycles. The molecule has 0 saturated carbocycles. The Morgan fingerprint density at radius 1 is 1.23 bits per heavy atom. The molecule has 2 aromatic rings. The molecule has 1 N–H and O–H groups in total. The number of halogens is 1. The van der Waals surface area contributed by atoms with E-state index in [0.717, 1.165) is 5.76 Å². The number of aryl methyl sites for hydroxylation is 1. The number of hydrogen-bond donors (Lipinski definition) is 1. The van der Waals surface area contributed by atoms with Crippen LogP contribution in [0.25, 0.3) is 6.08 Å². The first-order valence-electron chi connectivity index (χ1n) is 8.13. The van der Waals surface area contributed by atoms with Gasteiger partial charge in [-0.25, -0.2) is 8.42 Å². The number of nitrogens with one attached hydrogen (secondary N) is 1. The summed E-state index contributed by atoms with van der Waals surface area (Å²) in [6, 6.07) is 7.90. The summed E-state index contributed by atoms with van der Waals surface area (Å²) in [4.78, 5) is 12.0. The summed E-state index contributed by atoms with van der Waals surface area (Å²) in [5.41, 5.74) is 0.338. The monoisotopic (exact) mass is 396 g/mol. The van der Waals surface area contributed by atoms with E-state index in [1.54, 1.807) is 32.0 Å². The van der Waals surface area contributed by atoms with Gasteiger partial charge in [-0.1, -0.05) is 25.4 Å². The van der Waals surface area contributed by atoms with Gasteiger partial charge >= 0.3 is 0 Å². The molecule has 2 rings (SSSR count). The van der Waals surface area contributed by atoms with Crippen LogP contribution in [-0.2, 0) is 14.8 Å². The number of nitrogens with zero attached hydrogens (tertiary/aromatic N) is 1. The standard InChI is InChI=1S/C18H21ClN2O4S/c1-4-21(5-2)26(23,24)17-12-14(7-10-16(17)19)20-18(22)11-9-15-8-6-13(3)25-15/h6-12H,4-5H2,1-3H3,(H,20,22)/b11-9+. The molecule has 0 bridgehead atoms. The lowest BCUT2D eigenvalue weighted by molar-refractivity contribution is -0.111. The molecule has 1 aromatic heterocycles. The van der Waals surface area contributed by atoms with Crippen molar-refractivity contribution in [3.05, 3.63) is 53.0 Å². The number of carbonyl (C=O) groups is 1. The van der Waals surface area contributed by atoms with Crippen LogP contribution in [0.15, 0.2) is 45.7 Å². The van der Waals surface area contributed by atoms with Crippen molar-refractivity contribution in [2.45, 2.75) is 25.7 Å². The summed E-state index contributed by atoms with van der Waals surface area (Å²) in [6.07, 6.45) is 2.84. The minimum Gasteiger partial charge on any atom is -0.462 e. The quantitative estimate of drug-likeness (QED) is 0.719. The summed E-state index contributed by atoms with van der Waals surface area (Å²) in [7, 11) is -3.73. The number of sulfonamides is 1. The molecule has 0 aliphatic carbocycles. The number of carbonyl (C=O) groups excluding carboxylic acids is 1. The van der Waals surface area contributed by atoms with Gasteiger partial charge in [-0.2, -0.15) is 4.31 Å². The lowest BCUT2D eigenvalue weighted by atomic mass is 10.3. The molecule has 8 heteroatoms. The number of furan rings is 1. The molecule has 0 aliphatic rings. The third kappa shape index (κ3) is 4.75. The van der Waals surface area contributed by atoms with Crippen LogP contribution in [0.3, 0.4) is 0 Å². The molecular weight excluding hydrogens is 376 g/mol. The summed E-state index contributed by atoms with van der Waals surface area (Å²) < 4.78 is 32.0. The van der Waals surface area contributed by atoms with Gasteiger partial charge in [0.1, 0.15) is 16.4 Å². The van der Waals surface area contributed by atoms with Gasteiger partial charge in [-0.3, -0.25) is 4.79 Å². The number of hydrogen-bond acceptors (Lipinski definition) is 4. The van der Waals surface area contributed by atoms with Gasteiger partial charge in [0.2, 0.25) is 15.9 Å². The van der Waals surface area contributed by atoms with Crippen LogP contribution >= 0.6 is 11.6 Å². The van der Waals surface area contributed by atoms with E-state index in [9.17, 15) is 13.2 Å². The lowest BCUT2D eigenvalue weighted by Crippen LogP contribution is -2.30. The second-order valence-electron chi connectivity index (χ2n) is 5.51. The van der Waals surface area contributed by atoms with Gasteiger partial charge in [0.05, 0.1) is 5.02 Å². The molecular formula is C18H21ClN2O4S. The highest BCUT2D eigenvalue weighted by atomic mass is 35.5. The fourth-order valence-corrected chi connectivity index (χ4v) is 4.32. The van der Waals surface area contributed by atoms with Crippen LogP contribution in [0.4, 0.5) is 5.69 Å². The number of rotatable bonds is 7. The van der Waals surface area contributed by atoms with E-state index in [-0.39, 0.29) is 9.92 Å². The SMILES string of the molecule is CCN(CC)S(=O)(=O)c1cc(NC(=O)/C=C/c2ccc(C)o2)ccc1Cl. The molecule has 1 aromatic carbocycles. The van der Waals surface area contributed by atoms with Gasteiger partial charge in [0.25, 0.3) is 0 Å². The first kappa shape index (κ1) is 20.2. The first-order valence-corrected chi connectivity index (χ1v) is 9.95. The highest BCUT2D eigenvalue weighted by Crippen LogP contribution is 2.27. The van der Waals surface area contributed by atoms with Gasteiger partial charge in [0.15, 0.2) is 0 Å². The Kier molecular flexibility index (Phi) is 6.63. The van der Waals surface area contributed by atoms with Crippen molar-refractivity contribution in [2.75, 3.05) is 18.4 Å². The van der Waals surface area contributed by atoms with E-state index in [1.807, 2.05) is 6.92 Å². The van der Waals surface area contributed by atoms with Crippen LogP contribution in [0.2, 0.25) is 5.02 Å². The molecule has 0 fully saturated rings. The lowest BCUT2D eigenvalue weighted by Gasteiger charge is -2.19. The third-order valence-corrected chi connectivity index (χ3v) is 6.21. The van der Waals surface area contributed by atoms with Gasteiger partial charge in [0, 0.05) is 24.9 Å². The smallest absolute Gasteiger partial charge is 0.248 e. The van der Waals surface area contributed by atoms with Gasteiger partial charge in [-0.15, -0.1) is 0 Å². The summed E-state index contributed by atoms with van der Waals surface area (Å²) in [6.45, 7) is 5.97. The zero-order chi connectivity index (χ0) is 19.3. The average molecular weight is 397 g/mol. The summed E-state index contributed by atoms with van der Waals surface area (Å²) in [5.74, 6) is 0.889. The van der Waals surface area contributed by atoms with E-state index in [4.69, 9.17) is 16.0 Å². The molecule has 26 heavy (non-hydrogen) atoms. The number of benzene rings is 1. The molecule has 0 radical (unpaired) electrons. The molecule has 0 saturated heterocycles. The molecule has 6 nitrogen and oxygen atoms in total. The molecule has 1 amide bonds. The maximum Gasteiger partial charge on any atom is 0.248 e. The fourth-order valence-electron chi connectivity index (χ4n) is 2.37. The van der Waals surface area contributed by atoms with Crippen molar-refractivity contribution in [3.8, 4) is 0 Å². The highest BCUT2D eigenvalue weighted by Gasteiger charge is 2.24. The van der Waals surface area contributed by atoms with E-state index in [0.29, 0.717) is 24.5 Å². The minimum atomic E-state index is -3.73. The van der Waals surface area contributed by atoms with Crippen LogP contribution in [0, 0.1) is 6.92 Å². The molecule has 0 spiro atoms. The van der Waals surface area contributed by atoms with Crippen molar-refractivity contribution in [3.63, 3.8) is 0 Å². The Hall–Kier alpha value is -2.09. The molecule has 0 atom stereocenters.